The lowest BCUT2D eigenvalue weighted by atomic mass is 9.73. The molecule has 1 aromatic carbocycles. The molecule has 3 fully saturated rings. The van der Waals surface area contributed by atoms with Crippen LogP contribution in [0.25, 0.3) is 0 Å². The van der Waals surface area contributed by atoms with Crippen LogP contribution in [-0.2, 0) is 10.2 Å². The van der Waals surface area contributed by atoms with Gasteiger partial charge in [0.2, 0.25) is 5.91 Å². The van der Waals surface area contributed by atoms with Crippen LogP contribution in [0, 0.1) is 11.8 Å². The zero-order valence-electron chi connectivity index (χ0n) is 15.9. The molecular weight excluding hydrogens is 320 g/mol. The Kier molecular flexibility index (Phi) is 4.31. The fourth-order valence-corrected chi connectivity index (χ4v) is 5.39. The van der Waals surface area contributed by atoms with Crippen LogP contribution in [0.5, 0.6) is 0 Å². The minimum Gasteiger partial charge on any atom is -0.356 e. The second-order valence-electron chi connectivity index (χ2n) is 9.46. The van der Waals surface area contributed by atoms with Gasteiger partial charge in [0.25, 0.3) is 0 Å². The molecule has 0 bridgehead atoms. The van der Waals surface area contributed by atoms with Crippen molar-refractivity contribution in [3.8, 4) is 0 Å². The zero-order valence-corrected chi connectivity index (χ0v) is 15.9. The number of nitrogens with one attached hydrogen (secondary N) is 1. The first-order valence-corrected chi connectivity index (χ1v) is 10.8. The molecule has 0 radical (unpaired) electrons. The predicted octanol–water partition coefficient (Wildman–Crippen LogP) is 3.83. The quantitative estimate of drug-likeness (QED) is 0.844. The second kappa shape index (κ2) is 6.67. The summed E-state index contributed by atoms with van der Waals surface area (Å²) in [4.78, 5) is 15.2. The van der Waals surface area contributed by atoms with Crippen molar-refractivity contribution >= 4 is 5.91 Å². The molecule has 1 heterocycles. The number of fused-ring (bicyclic) bond motifs is 2. The summed E-state index contributed by atoms with van der Waals surface area (Å²) in [7, 11) is 0. The first-order chi connectivity index (χ1) is 12.7. The average Bonchev–Trinajstić information content (AvgIpc) is 3.57. The Morgan fingerprint density at radius 1 is 1.08 bits per heavy atom. The summed E-state index contributed by atoms with van der Waals surface area (Å²) in [6.07, 6.45) is 9.90. The van der Waals surface area contributed by atoms with Crippen LogP contribution >= 0.6 is 0 Å². The number of piperidine rings is 1. The molecule has 2 saturated carbocycles. The number of amides is 1. The maximum absolute atomic E-state index is 12.5. The van der Waals surface area contributed by atoms with Crippen molar-refractivity contribution in [1.82, 2.24) is 10.2 Å². The van der Waals surface area contributed by atoms with Gasteiger partial charge >= 0.3 is 0 Å². The molecule has 1 N–H and O–H groups in total. The van der Waals surface area contributed by atoms with Crippen molar-refractivity contribution < 1.29 is 4.79 Å². The van der Waals surface area contributed by atoms with Gasteiger partial charge in [-0.1, -0.05) is 24.3 Å². The molecule has 1 spiro atoms. The number of hydrogen-bond donors (Lipinski definition) is 1. The van der Waals surface area contributed by atoms with Crippen LogP contribution in [0.2, 0.25) is 0 Å². The van der Waals surface area contributed by atoms with Gasteiger partial charge in [-0.25, -0.2) is 0 Å². The summed E-state index contributed by atoms with van der Waals surface area (Å²) in [5, 5.41) is 3.18. The zero-order chi connectivity index (χ0) is 17.6. The van der Waals surface area contributed by atoms with E-state index in [1.54, 1.807) is 5.56 Å². The molecule has 4 aliphatic rings. The molecular formula is C23H32N2O. The highest BCUT2D eigenvalue weighted by Gasteiger charge is 2.45. The summed E-state index contributed by atoms with van der Waals surface area (Å²) in [6.45, 7) is 4.70. The fraction of sp³-hybridized carbons (Fsp3) is 0.696. The van der Waals surface area contributed by atoms with E-state index in [0.29, 0.717) is 17.8 Å². The molecule has 140 valence electrons. The number of carbonyl (C=O) groups excluding carboxylic acids is 1. The van der Waals surface area contributed by atoms with Gasteiger partial charge in [-0.3, -0.25) is 4.79 Å². The number of rotatable bonds is 6. The third kappa shape index (κ3) is 3.43. The van der Waals surface area contributed by atoms with E-state index in [1.165, 1.54) is 70.1 Å². The standard InChI is InChI=1S/C23H32N2O/c26-22(24-15-17-5-6-17)13-19-14-23(21-4-2-1-3-20(19)21)9-11-25(12-10-23)16-18-7-8-18/h1-4,17-19H,5-16H2,(H,24,26). The van der Waals surface area contributed by atoms with E-state index in [1.807, 2.05) is 0 Å². The first kappa shape index (κ1) is 16.8. The largest absolute Gasteiger partial charge is 0.356 e. The molecule has 26 heavy (non-hydrogen) atoms. The summed E-state index contributed by atoms with van der Waals surface area (Å²) in [5.41, 5.74) is 3.36. The monoisotopic (exact) mass is 352 g/mol. The molecule has 1 atom stereocenters. The van der Waals surface area contributed by atoms with Crippen LogP contribution in [-0.4, -0.2) is 37.0 Å². The molecule has 1 saturated heterocycles. The molecule has 3 heteroatoms. The third-order valence-corrected chi connectivity index (χ3v) is 7.35. The van der Waals surface area contributed by atoms with Gasteiger partial charge < -0.3 is 10.2 Å². The van der Waals surface area contributed by atoms with Gasteiger partial charge in [-0.15, -0.1) is 0 Å². The summed E-state index contributed by atoms with van der Waals surface area (Å²) < 4.78 is 0. The van der Waals surface area contributed by atoms with Crippen molar-refractivity contribution in [1.29, 1.82) is 0 Å². The van der Waals surface area contributed by atoms with Crippen LogP contribution in [0.1, 0.15) is 68.4 Å². The van der Waals surface area contributed by atoms with Gasteiger partial charge in [0.05, 0.1) is 0 Å². The smallest absolute Gasteiger partial charge is 0.220 e. The predicted molar refractivity (Wildman–Crippen MR) is 104 cm³/mol. The minimum absolute atomic E-state index is 0.264. The van der Waals surface area contributed by atoms with E-state index < -0.39 is 0 Å². The van der Waals surface area contributed by atoms with Crippen molar-refractivity contribution in [3.05, 3.63) is 35.4 Å². The highest BCUT2D eigenvalue weighted by Crippen LogP contribution is 2.52. The van der Waals surface area contributed by atoms with E-state index in [4.69, 9.17) is 0 Å². The maximum Gasteiger partial charge on any atom is 0.220 e. The second-order valence-corrected chi connectivity index (χ2v) is 9.46. The summed E-state index contributed by atoms with van der Waals surface area (Å²) in [5.74, 6) is 2.43. The van der Waals surface area contributed by atoms with E-state index in [2.05, 4.69) is 34.5 Å². The van der Waals surface area contributed by atoms with Gasteiger partial charge in [-0.05, 0) is 92.3 Å². The average molecular weight is 353 g/mol. The number of nitrogens with zero attached hydrogens (tertiary/aromatic N) is 1. The Balaban J connectivity index is 1.26. The Labute approximate surface area is 157 Å². The van der Waals surface area contributed by atoms with Gasteiger partial charge in [0.1, 0.15) is 0 Å². The number of likely N-dealkylation sites (tertiary alicyclic amines) is 1. The van der Waals surface area contributed by atoms with Crippen LogP contribution < -0.4 is 5.32 Å². The van der Waals surface area contributed by atoms with Gasteiger partial charge in [0.15, 0.2) is 0 Å². The number of hydrogen-bond acceptors (Lipinski definition) is 2. The van der Waals surface area contributed by atoms with Gasteiger partial charge in [0, 0.05) is 19.5 Å². The molecule has 1 aromatic rings. The Morgan fingerprint density at radius 3 is 2.54 bits per heavy atom. The molecule has 1 unspecified atom stereocenters. The van der Waals surface area contributed by atoms with E-state index >= 15 is 0 Å². The Morgan fingerprint density at radius 2 is 1.81 bits per heavy atom. The lowest BCUT2D eigenvalue weighted by molar-refractivity contribution is -0.121. The van der Waals surface area contributed by atoms with Crippen LogP contribution in [0.3, 0.4) is 0 Å². The Hall–Kier alpha value is -1.35. The Bertz CT molecular complexity index is 669. The van der Waals surface area contributed by atoms with Crippen LogP contribution in [0.15, 0.2) is 24.3 Å². The first-order valence-electron chi connectivity index (χ1n) is 10.8. The lowest BCUT2D eigenvalue weighted by Gasteiger charge is -2.40. The molecule has 1 amide bonds. The van der Waals surface area contributed by atoms with Crippen molar-refractivity contribution in [2.75, 3.05) is 26.2 Å². The SMILES string of the molecule is O=C(CC1CC2(CCN(CC3CC3)CC2)c2ccccc21)NCC1CC1. The molecule has 0 aromatic heterocycles. The van der Waals surface area contributed by atoms with Crippen molar-refractivity contribution in [2.24, 2.45) is 11.8 Å². The number of benzene rings is 1. The van der Waals surface area contributed by atoms with E-state index in [9.17, 15) is 4.79 Å². The summed E-state index contributed by atoms with van der Waals surface area (Å²) in [6, 6.07) is 9.01. The van der Waals surface area contributed by atoms with Gasteiger partial charge in [-0.2, -0.15) is 0 Å². The topological polar surface area (TPSA) is 32.3 Å². The molecule has 3 aliphatic carbocycles. The van der Waals surface area contributed by atoms with Crippen molar-refractivity contribution in [3.63, 3.8) is 0 Å². The molecule has 5 rings (SSSR count). The molecule has 1 aliphatic heterocycles. The molecule has 3 nitrogen and oxygen atoms in total. The minimum atomic E-state index is 0.264. The van der Waals surface area contributed by atoms with Crippen molar-refractivity contribution in [2.45, 2.75) is 62.7 Å². The fourth-order valence-electron chi connectivity index (χ4n) is 5.39. The highest BCUT2D eigenvalue weighted by atomic mass is 16.1. The third-order valence-electron chi connectivity index (χ3n) is 7.35. The number of carbonyl (C=O) groups is 1. The highest BCUT2D eigenvalue weighted by molar-refractivity contribution is 5.77. The van der Waals surface area contributed by atoms with E-state index in [0.717, 1.165) is 18.4 Å². The summed E-state index contributed by atoms with van der Waals surface area (Å²) >= 11 is 0. The maximum atomic E-state index is 12.5. The van der Waals surface area contributed by atoms with E-state index in [-0.39, 0.29) is 5.91 Å². The normalized spacial score (nSPS) is 27.5. The lowest BCUT2D eigenvalue weighted by Crippen LogP contribution is -2.42. The van der Waals surface area contributed by atoms with Crippen LogP contribution in [0.4, 0.5) is 0 Å².